The first-order valence-corrected chi connectivity index (χ1v) is 7.25. The van der Waals surface area contributed by atoms with E-state index >= 15 is 0 Å². The second-order valence-electron chi connectivity index (χ2n) is 4.00. The van der Waals surface area contributed by atoms with Gasteiger partial charge in [-0.2, -0.15) is 0 Å². The Kier molecular flexibility index (Phi) is 4.66. The van der Waals surface area contributed by atoms with Crippen molar-refractivity contribution in [1.29, 1.82) is 0 Å². The summed E-state index contributed by atoms with van der Waals surface area (Å²) >= 11 is 15.5. The SMILES string of the molecule is CCc1nc(Cl)c(C=O)n1Cc1ccc(Br)cc1Cl. The minimum atomic E-state index is 0.236. The number of halogens is 3. The van der Waals surface area contributed by atoms with Crippen LogP contribution in [0.15, 0.2) is 22.7 Å². The largest absolute Gasteiger partial charge is 0.320 e. The summed E-state index contributed by atoms with van der Waals surface area (Å²) in [5, 5.41) is 0.873. The molecule has 1 aromatic heterocycles. The van der Waals surface area contributed by atoms with Crippen molar-refractivity contribution in [2.45, 2.75) is 19.9 Å². The van der Waals surface area contributed by atoms with Gasteiger partial charge in [-0.25, -0.2) is 4.98 Å². The normalized spacial score (nSPS) is 10.7. The van der Waals surface area contributed by atoms with Crippen LogP contribution in [0.2, 0.25) is 10.2 Å². The van der Waals surface area contributed by atoms with Gasteiger partial charge >= 0.3 is 0 Å². The summed E-state index contributed by atoms with van der Waals surface area (Å²) in [5.41, 5.74) is 1.30. The molecule has 0 aliphatic heterocycles. The molecule has 19 heavy (non-hydrogen) atoms. The molecule has 2 rings (SSSR count). The molecule has 1 aromatic carbocycles. The fourth-order valence-electron chi connectivity index (χ4n) is 1.86. The molecule has 100 valence electrons. The first-order valence-electron chi connectivity index (χ1n) is 5.70. The maximum atomic E-state index is 11.1. The maximum absolute atomic E-state index is 11.1. The van der Waals surface area contributed by atoms with Crippen molar-refractivity contribution < 1.29 is 4.79 Å². The first-order chi connectivity index (χ1) is 9.06. The summed E-state index contributed by atoms with van der Waals surface area (Å²) in [6, 6.07) is 5.64. The van der Waals surface area contributed by atoms with Crippen molar-refractivity contribution in [1.82, 2.24) is 9.55 Å². The van der Waals surface area contributed by atoms with Crippen LogP contribution >= 0.6 is 39.1 Å². The van der Waals surface area contributed by atoms with E-state index in [0.717, 1.165) is 22.1 Å². The minimum Gasteiger partial charge on any atom is -0.320 e. The van der Waals surface area contributed by atoms with E-state index in [-0.39, 0.29) is 5.15 Å². The molecular weight excluding hydrogens is 351 g/mol. The molecule has 0 unspecified atom stereocenters. The summed E-state index contributed by atoms with van der Waals surface area (Å²) in [5.74, 6) is 0.770. The number of benzene rings is 1. The van der Waals surface area contributed by atoms with Gasteiger partial charge in [0.25, 0.3) is 0 Å². The minimum absolute atomic E-state index is 0.236. The van der Waals surface area contributed by atoms with Gasteiger partial charge in [-0.05, 0) is 17.7 Å². The smallest absolute Gasteiger partial charge is 0.169 e. The summed E-state index contributed by atoms with van der Waals surface area (Å²) in [6.45, 7) is 2.44. The number of carbonyl (C=O) groups excluding carboxylic acids is 1. The average Bonchev–Trinajstić information content (AvgIpc) is 2.68. The molecule has 2 aromatic rings. The maximum Gasteiger partial charge on any atom is 0.169 e. The summed E-state index contributed by atoms with van der Waals surface area (Å²) in [6.07, 6.45) is 1.42. The fraction of sp³-hybridized carbons (Fsp3) is 0.231. The van der Waals surface area contributed by atoms with E-state index in [1.165, 1.54) is 0 Å². The molecule has 0 aliphatic rings. The number of nitrogens with zero attached hydrogens (tertiary/aromatic N) is 2. The Balaban J connectivity index is 2.45. The lowest BCUT2D eigenvalue weighted by Crippen LogP contribution is -2.08. The van der Waals surface area contributed by atoms with E-state index in [2.05, 4.69) is 20.9 Å². The third-order valence-electron chi connectivity index (χ3n) is 2.81. The number of rotatable bonds is 4. The van der Waals surface area contributed by atoms with Gasteiger partial charge in [0.2, 0.25) is 0 Å². The second-order valence-corrected chi connectivity index (χ2v) is 5.68. The molecule has 0 spiro atoms. The number of hydrogen-bond acceptors (Lipinski definition) is 2. The van der Waals surface area contributed by atoms with E-state index in [4.69, 9.17) is 23.2 Å². The van der Waals surface area contributed by atoms with Crippen LogP contribution < -0.4 is 0 Å². The highest BCUT2D eigenvalue weighted by atomic mass is 79.9. The molecule has 1 heterocycles. The lowest BCUT2D eigenvalue weighted by molar-refractivity contribution is 0.111. The number of aromatic nitrogens is 2. The Morgan fingerprint density at radius 3 is 2.74 bits per heavy atom. The Hall–Kier alpha value is -0.840. The zero-order valence-corrected chi connectivity index (χ0v) is 13.3. The lowest BCUT2D eigenvalue weighted by atomic mass is 10.2. The molecular formula is C13H11BrCl2N2O. The molecule has 0 bridgehead atoms. The number of aryl methyl sites for hydroxylation is 1. The van der Waals surface area contributed by atoms with Gasteiger partial charge in [0.15, 0.2) is 11.4 Å². The van der Waals surface area contributed by atoms with E-state index < -0.39 is 0 Å². The van der Waals surface area contributed by atoms with E-state index in [1.807, 2.05) is 25.1 Å². The van der Waals surface area contributed by atoms with Gasteiger partial charge in [0.1, 0.15) is 11.5 Å². The van der Waals surface area contributed by atoms with E-state index in [0.29, 0.717) is 23.7 Å². The van der Waals surface area contributed by atoms with Crippen LogP contribution in [0.4, 0.5) is 0 Å². The Morgan fingerprint density at radius 2 is 2.16 bits per heavy atom. The predicted octanol–water partition coefficient (Wildman–Crippen LogP) is 4.38. The quantitative estimate of drug-likeness (QED) is 0.757. The molecule has 0 aliphatic carbocycles. The van der Waals surface area contributed by atoms with Crippen LogP contribution in [0, 0.1) is 0 Å². The van der Waals surface area contributed by atoms with Crippen molar-refractivity contribution in [3.63, 3.8) is 0 Å². The Labute approximate surface area is 129 Å². The lowest BCUT2D eigenvalue weighted by Gasteiger charge is -2.10. The van der Waals surface area contributed by atoms with E-state index in [9.17, 15) is 4.79 Å². The van der Waals surface area contributed by atoms with Gasteiger partial charge < -0.3 is 4.57 Å². The standard InChI is InChI=1S/C13H11BrCl2N2O/c1-2-12-17-13(16)11(7-19)18(12)6-8-3-4-9(14)5-10(8)15/h3-5,7H,2,6H2,1H3. The number of aldehydes is 1. The first kappa shape index (κ1) is 14.6. The van der Waals surface area contributed by atoms with Gasteiger partial charge in [-0.3, -0.25) is 4.79 Å². The summed E-state index contributed by atoms with van der Waals surface area (Å²) in [4.78, 5) is 15.3. The van der Waals surface area contributed by atoms with Crippen molar-refractivity contribution in [3.05, 3.63) is 49.9 Å². The van der Waals surface area contributed by atoms with Crippen LogP contribution in [-0.2, 0) is 13.0 Å². The highest BCUT2D eigenvalue weighted by Crippen LogP contribution is 2.24. The summed E-state index contributed by atoms with van der Waals surface area (Å²) in [7, 11) is 0. The topological polar surface area (TPSA) is 34.9 Å². The monoisotopic (exact) mass is 360 g/mol. The third kappa shape index (κ3) is 3.02. The zero-order valence-electron chi connectivity index (χ0n) is 10.2. The number of imidazole rings is 1. The molecule has 6 heteroatoms. The molecule has 0 fully saturated rings. The highest BCUT2D eigenvalue weighted by molar-refractivity contribution is 9.10. The van der Waals surface area contributed by atoms with Crippen molar-refractivity contribution >= 4 is 45.4 Å². The summed E-state index contributed by atoms with van der Waals surface area (Å²) < 4.78 is 2.71. The Morgan fingerprint density at radius 1 is 1.42 bits per heavy atom. The zero-order chi connectivity index (χ0) is 14.0. The molecule has 3 nitrogen and oxygen atoms in total. The number of hydrogen-bond donors (Lipinski definition) is 0. The van der Waals surface area contributed by atoms with Crippen LogP contribution in [-0.4, -0.2) is 15.8 Å². The predicted molar refractivity (Wildman–Crippen MR) is 80.3 cm³/mol. The van der Waals surface area contributed by atoms with E-state index in [1.54, 1.807) is 4.57 Å². The molecule has 0 amide bonds. The third-order valence-corrected chi connectivity index (χ3v) is 3.94. The average molecular weight is 362 g/mol. The Bertz CT molecular complexity index is 625. The molecule has 0 atom stereocenters. The molecule has 0 saturated heterocycles. The van der Waals surface area contributed by atoms with Crippen molar-refractivity contribution in [3.8, 4) is 0 Å². The van der Waals surface area contributed by atoms with Gasteiger partial charge in [-0.15, -0.1) is 0 Å². The van der Waals surface area contributed by atoms with Crippen LogP contribution in [0.5, 0.6) is 0 Å². The van der Waals surface area contributed by atoms with Gasteiger partial charge in [-0.1, -0.05) is 52.1 Å². The van der Waals surface area contributed by atoms with Crippen LogP contribution in [0.1, 0.15) is 28.8 Å². The molecule has 0 radical (unpaired) electrons. The fourth-order valence-corrected chi connectivity index (χ4v) is 2.84. The molecule has 0 N–H and O–H groups in total. The molecule has 0 saturated carbocycles. The van der Waals surface area contributed by atoms with Crippen molar-refractivity contribution in [2.24, 2.45) is 0 Å². The van der Waals surface area contributed by atoms with Crippen LogP contribution in [0.3, 0.4) is 0 Å². The van der Waals surface area contributed by atoms with Crippen molar-refractivity contribution in [2.75, 3.05) is 0 Å². The van der Waals surface area contributed by atoms with Gasteiger partial charge in [0, 0.05) is 15.9 Å². The number of carbonyl (C=O) groups is 1. The highest BCUT2D eigenvalue weighted by Gasteiger charge is 2.15. The van der Waals surface area contributed by atoms with Gasteiger partial charge in [0.05, 0.1) is 6.54 Å². The van der Waals surface area contributed by atoms with Crippen LogP contribution in [0.25, 0.3) is 0 Å². The second kappa shape index (κ2) is 6.07.